The SMILES string of the molecule is O=C(Nc1ccccc1C(=O)NC[C@H]1CCCO1)c1ccc(CS(=O)(=O)N2CCOCC2)cc1. The van der Waals surface area contributed by atoms with Crippen molar-refractivity contribution in [3.8, 4) is 0 Å². The number of ether oxygens (including phenoxy) is 2. The fourth-order valence-corrected chi connectivity index (χ4v) is 5.47. The maximum atomic E-state index is 12.8. The fraction of sp³-hybridized carbons (Fsp3) is 0.417. The second kappa shape index (κ2) is 11.1. The lowest BCUT2D eigenvalue weighted by molar-refractivity contribution is 0.0729. The first kappa shape index (κ1) is 24.3. The Bertz CT molecular complexity index is 1110. The molecule has 0 aromatic heterocycles. The Hall–Kier alpha value is -2.79. The number of anilines is 1. The highest BCUT2D eigenvalue weighted by Crippen LogP contribution is 2.18. The summed E-state index contributed by atoms with van der Waals surface area (Å²) in [6.45, 7) is 2.63. The third kappa shape index (κ3) is 6.20. The van der Waals surface area contributed by atoms with Crippen molar-refractivity contribution in [1.82, 2.24) is 9.62 Å². The average molecular weight is 488 g/mol. The van der Waals surface area contributed by atoms with Crippen molar-refractivity contribution in [2.24, 2.45) is 0 Å². The van der Waals surface area contributed by atoms with Gasteiger partial charge in [0.1, 0.15) is 0 Å². The molecule has 2 N–H and O–H groups in total. The van der Waals surface area contributed by atoms with Gasteiger partial charge >= 0.3 is 0 Å². The van der Waals surface area contributed by atoms with Crippen molar-refractivity contribution >= 4 is 27.5 Å². The number of hydrogen-bond acceptors (Lipinski definition) is 6. The molecule has 0 unspecified atom stereocenters. The van der Waals surface area contributed by atoms with E-state index in [4.69, 9.17) is 9.47 Å². The normalized spacial score (nSPS) is 19.0. The molecule has 2 amide bonds. The molecule has 0 aliphatic carbocycles. The van der Waals surface area contributed by atoms with E-state index in [0.717, 1.165) is 12.8 Å². The van der Waals surface area contributed by atoms with E-state index in [1.54, 1.807) is 48.5 Å². The van der Waals surface area contributed by atoms with Crippen molar-refractivity contribution in [1.29, 1.82) is 0 Å². The number of carbonyl (C=O) groups excluding carboxylic acids is 2. The number of morpholine rings is 1. The van der Waals surface area contributed by atoms with E-state index in [2.05, 4.69) is 10.6 Å². The van der Waals surface area contributed by atoms with Crippen molar-refractivity contribution < 1.29 is 27.5 Å². The van der Waals surface area contributed by atoms with Gasteiger partial charge in [-0.3, -0.25) is 9.59 Å². The lowest BCUT2D eigenvalue weighted by atomic mass is 10.1. The molecule has 9 nitrogen and oxygen atoms in total. The van der Waals surface area contributed by atoms with E-state index in [-0.39, 0.29) is 23.7 Å². The van der Waals surface area contributed by atoms with Gasteiger partial charge in [0.2, 0.25) is 10.0 Å². The minimum atomic E-state index is -3.45. The standard InChI is InChI=1S/C24H29N3O6S/c28-23(19-9-7-18(8-10-19)17-34(30,31)27-11-14-32-15-12-27)26-22-6-2-1-5-21(22)24(29)25-16-20-4-3-13-33-20/h1-2,5-10,20H,3-4,11-17H2,(H,25,29)(H,26,28)/t20-/m1/s1. The molecule has 2 heterocycles. The Morgan fingerprint density at radius 2 is 1.71 bits per heavy atom. The molecule has 0 bridgehead atoms. The third-order valence-corrected chi connectivity index (χ3v) is 7.71. The first-order valence-corrected chi connectivity index (χ1v) is 13.0. The van der Waals surface area contributed by atoms with Crippen molar-refractivity contribution in [3.63, 3.8) is 0 Å². The summed E-state index contributed by atoms with van der Waals surface area (Å²) in [6, 6.07) is 13.2. The highest BCUT2D eigenvalue weighted by atomic mass is 32.2. The summed E-state index contributed by atoms with van der Waals surface area (Å²) >= 11 is 0. The van der Waals surface area contributed by atoms with Crippen LogP contribution in [-0.2, 0) is 25.2 Å². The van der Waals surface area contributed by atoms with E-state index in [1.165, 1.54) is 4.31 Å². The predicted molar refractivity (Wildman–Crippen MR) is 127 cm³/mol. The summed E-state index contributed by atoms with van der Waals surface area (Å²) in [5.74, 6) is -0.806. The van der Waals surface area contributed by atoms with Crippen LogP contribution in [0, 0.1) is 0 Å². The van der Waals surface area contributed by atoms with Gasteiger partial charge in [-0.15, -0.1) is 0 Å². The van der Waals surface area contributed by atoms with Crippen LogP contribution in [0.1, 0.15) is 39.1 Å². The molecule has 2 aliphatic rings. The summed E-state index contributed by atoms with van der Waals surface area (Å²) in [5.41, 5.74) is 1.72. The quantitative estimate of drug-likeness (QED) is 0.589. The number of carbonyl (C=O) groups is 2. The second-order valence-corrected chi connectivity index (χ2v) is 10.3. The minimum absolute atomic E-state index is 0.0243. The molecule has 0 radical (unpaired) electrons. The monoisotopic (exact) mass is 487 g/mol. The maximum absolute atomic E-state index is 12.8. The van der Waals surface area contributed by atoms with E-state index in [1.807, 2.05) is 0 Å². The summed E-state index contributed by atoms with van der Waals surface area (Å²) in [7, 11) is -3.45. The van der Waals surface area contributed by atoms with Gasteiger partial charge in [0.25, 0.3) is 11.8 Å². The van der Waals surface area contributed by atoms with Gasteiger partial charge in [-0.05, 0) is 42.7 Å². The third-order valence-electron chi connectivity index (χ3n) is 5.86. The predicted octanol–water partition coefficient (Wildman–Crippen LogP) is 2.01. The van der Waals surface area contributed by atoms with Gasteiger partial charge in [0.15, 0.2) is 0 Å². The maximum Gasteiger partial charge on any atom is 0.255 e. The molecule has 1 atom stereocenters. The Balaban J connectivity index is 1.37. The van der Waals surface area contributed by atoms with Crippen LogP contribution in [0.15, 0.2) is 48.5 Å². The Labute approximate surface area is 199 Å². The summed E-state index contributed by atoms with van der Waals surface area (Å²) in [6.07, 6.45) is 1.93. The van der Waals surface area contributed by atoms with Crippen LogP contribution in [-0.4, -0.2) is 70.1 Å². The minimum Gasteiger partial charge on any atom is -0.379 e. The topological polar surface area (TPSA) is 114 Å². The van der Waals surface area contributed by atoms with E-state index >= 15 is 0 Å². The van der Waals surface area contributed by atoms with Crippen molar-refractivity contribution in [3.05, 3.63) is 65.2 Å². The van der Waals surface area contributed by atoms with Crippen LogP contribution >= 0.6 is 0 Å². The molecule has 182 valence electrons. The molecular formula is C24H29N3O6S. The highest BCUT2D eigenvalue weighted by Gasteiger charge is 2.24. The Morgan fingerprint density at radius 3 is 2.41 bits per heavy atom. The molecule has 2 aromatic carbocycles. The average Bonchev–Trinajstić information content (AvgIpc) is 3.37. The molecule has 2 fully saturated rings. The number of hydrogen-bond donors (Lipinski definition) is 2. The first-order valence-electron chi connectivity index (χ1n) is 11.4. The highest BCUT2D eigenvalue weighted by molar-refractivity contribution is 7.88. The lowest BCUT2D eigenvalue weighted by Gasteiger charge is -2.26. The first-order chi connectivity index (χ1) is 16.4. The molecule has 34 heavy (non-hydrogen) atoms. The second-order valence-electron chi connectivity index (χ2n) is 8.31. The fourth-order valence-electron chi connectivity index (χ4n) is 3.97. The molecule has 2 aliphatic heterocycles. The summed E-state index contributed by atoms with van der Waals surface area (Å²) in [5, 5.41) is 5.65. The number of rotatable bonds is 8. The summed E-state index contributed by atoms with van der Waals surface area (Å²) < 4.78 is 37.4. The molecule has 2 aromatic rings. The number of sulfonamides is 1. The van der Waals surface area contributed by atoms with Crippen LogP contribution in [0.3, 0.4) is 0 Å². The molecular weight excluding hydrogens is 458 g/mol. The van der Waals surface area contributed by atoms with E-state index in [9.17, 15) is 18.0 Å². The molecule has 2 saturated heterocycles. The van der Waals surface area contributed by atoms with E-state index in [0.29, 0.717) is 61.8 Å². The number of nitrogens with zero attached hydrogens (tertiary/aromatic N) is 1. The number of nitrogens with one attached hydrogen (secondary N) is 2. The lowest BCUT2D eigenvalue weighted by Crippen LogP contribution is -2.41. The zero-order chi connectivity index (χ0) is 24.0. The zero-order valence-electron chi connectivity index (χ0n) is 18.9. The van der Waals surface area contributed by atoms with Crippen LogP contribution in [0.5, 0.6) is 0 Å². The number of para-hydroxylation sites is 1. The van der Waals surface area contributed by atoms with Crippen LogP contribution in [0.25, 0.3) is 0 Å². The zero-order valence-corrected chi connectivity index (χ0v) is 19.7. The Kier molecular flexibility index (Phi) is 7.94. The van der Waals surface area contributed by atoms with Gasteiger partial charge in [-0.1, -0.05) is 24.3 Å². The van der Waals surface area contributed by atoms with Crippen LogP contribution in [0.2, 0.25) is 0 Å². The van der Waals surface area contributed by atoms with Crippen LogP contribution in [0.4, 0.5) is 5.69 Å². The smallest absolute Gasteiger partial charge is 0.255 e. The molecule has 10 heteroatoms. The van der Waals surface area contributed by atoms with Gasteiger partial charge in [-0.2, -0.15) is 4.31 Å². The van der Waals surface area contributed by atoms with Gasteiger partial charge < -0.3 is 20.1 Å². The Morgan fingerprint density at radius 1 is 0.971 bits per heavy atom. The van der Waals surface area contributed by atoms with Crippen LogP contribution < -0.4 is 10.6 Å². The molecule has 0 spiro atoms. The number of benzene rings is 2. The molecule has 0 saturated carbocycles. The van der Waals surface area contributed by atoms with Crippen molar-refractivity contribution in [2.45, 2.75) is 24.7 Å². The number of amides is 2. The summed E-state index contributed by atoms with van der Waals surface area (Å²) in [4.78, 5) is 25.5. The largest absolute Gasteiger partial charge is 0.379 e. The van der Waals surface area contributed by atoms with Crippen molar-refractivity contribution in [2.75, 3.05) is 44.8 Å². The van der Waals surface area contributed by atoms with Gasteiger partial charge in [-0.25, -0.2) is 8.42 Å². The van der Waals surface area contributed by atoms with Gasteiger partial charge in [0.05, 0.1) is 36.3 Å². The molecule has 4 rings (SSSR count). The van der Waals surface area contributed by atoms with E-state index < -0.39 is 10.0 Å². The van der Waals surface area contributed by atoms with Gasteiger partial charge in [0, 0.05) is 31.8 Å².